The van der Waals surface area contributed by atoms with Crippen molar-refractivity contribution in [2.45, 2.75) is 52.5 Å². The van der Waals surface area contributed by atoms with E-state index in [4.69, 9.17) is 0 Å². The molecule has 1 fully saturated rings. The monoisotopic (exact) mass is 277 g/mol. The standard InChI is InChI=1S/C17H24FNO/c1-17(2,3)12-16(20)19-10-4-5-15(19)11-13-6-8-14(18)9-7-13/h6-9,15H,4-5,10-12H2,1-3H3. The molecule has 1 amide bonds. The van der Waals surface area contributed by atoms with Crippen LogP contribution in [0, 0.1) is 11.2 Å². The van der Waals surface area contributed by atoms with E-state index in [0.717, 1.165) is 31.4 Å². The highest BCUT2D eigenvalue weighted by Crippen LogP contribution is 2.26. The van der Waals surface area contributed by atoms with Crippen LogP contribution in [-0.4, -0.2) is 23.4 Å². The second kappa shape index (κ2) is 5.94. The Bertz CT molecular complexity index is 461. The van der Waals surface area contributed by atoms with Crippen LogP contribution in [0.5, 0.6) is 0 Å². The van der Waals surface area contributed by atoms with E-state index in [1.165, 1.54) is 12.1 Å². The Morgan fingerprint density at radius 2 is 1.95 bits per heavy atom. The number of rotatable bonds is 3. The molecule has 0 aliphatic carbocycles. The van der Waals surface area contributed by atoms with E-state index in [1.54, 1.807) is 0 Å². The molecule has 110 valence electrons. The van der Waals surface area contributed by atoms with Gasteiger partial charge in [0, 0.05) is 19.0 Å². The first-order valence-corrected chi connectivity index (χ1v) is 7.39. The fraction of sp³-hybridized carbons (Fsp3) is 0.588. The highest BCUT2D eigenvalue weighted by atomic mass is 19.1. The average molecular weight is 277 g/mol. The number of halogens is 1. The summed E-state index contributed by atoms with van der Waals surface area (Å²) in [6.07, 6.45) is 3.54. The molecule has 1 aliphatic rings. The number of hydrogen-bond acceptors (Lipinski definition) is 1. The third-order valence-corrected chi connectivity index (χ3v) is 3.76. The van der Waals surface area contributed by atoms with Crippen molar-refractivity contribution in [3.8, 4) is 0 Å². The molecule has 2 rings (SSSR count). The maximum Gasteiger partial charge on any atom is 0.223 e. The molecular formula is C17H24FNO. The molecule has 1 atom stereocenters. The van der Waals surface area contributed by atoms with E-state index in [-0.39, 0.29) is 23.2 Å². The molecule has 20 heavy (non-hydrogen) atoms. The van der Waals surface area contributed by atoms with E-state index < -0.39 is 0 Å². The number of likely N-dealkylation sites (tertiary alicyclic amines) is 1. The maximum atomic E-state index is 12.9. The minimum Gasteiger partial charge on any atom is -0.339 e. The van der Waals surface area contributed by atoms with Crippen LogP contribution in [0.25, 0.3) is 0 Å². The number of amides is 1. The molecule has 1 heterocycles. The Hall–Kier alpha value is -1.38. The molecular weight excluding hydrogens is 253 g/mol. The molecule has 2 nitrogen and oxygen atoms in total. The van der Waals surface area contributed by atoms with Crippen molar-refractivity contribution < 1.29 is 9.18 Å². The molecule has 3 heteroatoms. The van der Waals surface area contributed by atoms with Gasteiger partial charge in [-0.2, -0.15) is 0 Å². The molecule has 1 aromatic rings. The zero-order valence-electron chi connectivity index (χ0n) is 12.7. The summed E-state index contributed by atoms with van der Waals surface area (Å²) < 4.78 is 12.9. The highest BCUT2D eigenvalue weighted by Gasteiger charge is 2.30. The van der Waals surface area contributed by atoms with Gasteiger partial charge in [-0.15, -0.1) is 0 Å². The lowest BCUT2D eigenvalue weighted by Crippen LogP contribution is -2.38. The summed E-state index contributed by atoms with van der Waals surface area (Å²) in [6, 6.07) is 6.90. The predicted molar refractivity (Wildman–Crippen MR) is 78.9 cm³/mol. The predicted octanol–water partition coefficient (Wildman–Crippen LogP) is 3.80. The fourth-order valence-electron chi connectivity index (χ4n) is 2.82. The zero-order valence-corrected chi connectivity index (χ0v) is 12.7. The molecule has 1 saturated heterocycles. The SMILES string of the molecule is CC(C)(C)CC(=O)N1CCCC1Cc1ccc(F)cc1. The molecule has 1 unspecified atom stereocenters. The third kappa shape index (κ3) is 4.06. The lowest BCUT2D eigenvalue weighted by Gasteiger charge is -2.28. The van der Waals surface area contributed by atoms with Crippen LogP contribution >= 0.6 is 0 Å². The highest BCUT2D eigenvalue weighted by molar-refractivity contribution is 5.77. The van der Waals surface area contributed by atoms with Gasteiger partial charge in [-0.1, -0.05) is 32.9 Å². The molecule has 0 radical (unpaired) electrons. The van der Waals surface area contributed by atoms with Crippen LogP contribution in [-0.2, 0) is 11.2 Å². The Kier molecular flexibility index (Phi) is 4.46. The second-order valence-electron chi connectivity index (χ2n) is 6.95. The van der Waals surface area contributed by atoms with Crippen LogP contribution in [0.4, 0.5) is 4.39 Å². The first-order valence-electron chi connectivity index (χ1n) is 7.39. The van der Waals surface area contributed by atoms with Crippen molar-refractivity contribution in [1.29, 1.82) is 0 Å². The minimum atomic E-state index is -0.208. The molecule has 0 bridgehead atoms. The van der Waals surface area contributed by atoms with Gasteiger partial charge in [0.1, 0.15) is 5.82 Å². The van der Waals surface area contributed by atoms with Gasteiger partial charge in [0.15, 0.2) is 0 Å². The van der Waals surface area contributed by atoms with Crippen molar-refractivity contribution in [3.63, 3.8) is 0 Å². The van der Waals surface area contributed by atoms with Gasteiger partial charge in [-0.05, 0) is 42.4 Å². The minimum absolute atomic E-state index is 0.0279. The molecule has 0 saturated carbocycles. The summed E-state index contributed by atoms with van der Waals surface area (Å²) in [5.41, 5.74) is 1.13. The van der Waals surface area contributed by atoms with Crippen molar-refractivity contribution in [1.82, 2.24) is 4.90 Å². The Labute approximate surface area is 121 Å². The molecule has 0 N–H and O–H groups in total. The van der Waals surface area contributed by atoms with E-state index in [0.29, 0.717) is 6.42 Å². The number of hydrogen-bond donors (Lipinski definition) is 0. The average Bonchev–Trinajstić information content (AvgIpc) is 2.78. The number of nitrogens with zero attached hydrogens (tertiary/aromatic N) is 1. The van der Waals surface area contributed by atoms with Gasteiger partial charge in [-0.3, -0.25) is 4.79 Å². The Balaban J connectivity index is 2.00. The lowest BCUT2D eigenvalue weighted by molar-refractivity contribution is -0.133. The van der Waals surface area contributed by atoms with Gasteiger partial charge in [-0.25, -0.2) is 4.39 Å². The van der Waals surface area contributed by atoms with E-state index >= 15 is 0 Å². The van der Waals surface area contributed by atoms with E-state index in [9.17, 15) is 9.18 Å². The summed E-state index contributed by atoms with van der Waals surface area (Å²) >= 11 is 0. The topological polar surface area (TPSA) is 20.3 Å². The molecule has 1 aromatic carbocycles. The lowest BCUT2D eigenvalue weighted by atomic mass is 9.91. The van der Waals surface area contributed by atoms with Crippen LogP contribution in [0.2, 0.25) is 0 Å². The van der Waals surface area contributed by atoms with Gasteiger partial charge >= 0.3 is 0 Å². The first kappa shape index (κ1) is 15.0. The summed E-state index contributed by atoms with van der Waals surface area (Å²) in [4.78, 5) is 14.4. The normalized spacial score (nSPS) is 19.4. The van der Waals surface area contributed by atoms with Crippen LogP contribution in [0.15, 0.2) is 24.3 Å². The second-order valence-corrected chi connectivity index (χ2v) is 6.95. The van der Waals surface area contributed by atoms with Crippen molar-refractivity contribution in [2.75, 3.05) is 6.54 Å². The largest absolute Gasteiger partial charge is 0.339 e. The Morgan fingerprint density at radius 3 is 2.55 bits per heavy atom. The summed E-state index contributed by atoms with van der Waals surface area (Å²) in [6.45, 7) is 7.14. The number of benzene rings is 1. The maximum absolute atomic E-state index is 12.9. The number of carbonyl (C=O) groups excluding carboxylic acids is 1. The first-order chi connectivity index (χ1) is 9.35. The van der Waals surface area contributed by atoms with Gasteiger partial charge in [0.25, 0.3) is 0 Å². The van der Waals surface area contributed by atoms with Gasteiger partial charge in [0.05, 0.1) is 0 Å². The van der Waals surface area contributed by atoms with Crippen LogP contribution < -0.4 is 0 Å². The zero-order chi connectivity index (χ0) is 14.8. The number of carbonyl (C=O) groups is 1. The molecule has 0 aromatic heterocycles. The van der Waals surface area contributed by atoms with Crippen molar-refractivity contribution in [2.24, 2.45) is 5.41 Å². The van der Waals surface area contributed by atoms with E-state index in [1.807, 2.05) is 17.0 Å². The van der Waals surface area contributed by atoms with Crippen LogP contribution in [0.3, 0.4) is 0 Å². The summed E-state index contributed by atoms with van der Waals surface area (Å²) in [5.74, 6) is 0.0444. The Morgan fingerprint density at radius 1 is 1.30 bits per heavy atom. The molecule has 1 aliphatic heterocycles. The van der Waals surface area contributed by atoms with Crippen LogP contribution in [0.1, 0.15) is 45.6 Å². The molecule has 0 spiro atoms. The summed E-state index contributed by atoms with van der Waals surface area (Å²) in [5, 5.41) is 0. The smallest absolute Gasteiger partial charge is 0.223 e. The van der Waals surface area contributed by atoms with Gasteiger partial charge < -0.3 is 4.90 Å². The fourth-order valence-corrected chi connectivity index (χ4v) is 2.82. The third-order valence-electron chi connectivity index (χ3n) is 3.76. The quantitative estimate of drug-likeness (QED) is 0.823. The van der Waals surface area contributed by atoms with E-state index in [2.05, 4.69) is 20.8 Å². The van der Waals surface area contributed by atoms with Gasteiger partial charge in [0.2, 0.25) is 5.91 Å². The summed E-state index contributed by atoms with van der Waals surface area (Å²) in [7, 11) is 0. The van der Waals surface area contributed by atoms with Crippen molar-refractivity contribution in [3.05, 3.63) is 35.6 Å². The van der Waals surface area contributed by atoms with Crippen molar-refractivity contribution >= 4 is 5.91 Å².